The van der Waals surface area contributed by atoms with E-state index in [2.05, 4.69) is 0 Å². The average molecular weight is 224 g/mol. The molecule has 1 heterocycles. The predicted octanol–water partition coefficient (Wildman–Crippen LogP) is 2.44. The third-order valence-corrected chi connectivity index (χ3v) is 2.67. The van der Waals surface area contributed by atoms with E-state index in [0.717, 1.165) is 4.88 Å². The fraction of sp³-hybridized carbons (Fsp3) is 0.273. The van der Waals surface area contributed by atoms with Crippen LogP contribution in [0.25, 0.3) is 6.08 Å². The standard InChI is InChI=1S/C11H12O3S/c1-7(2)10(12)9(11(13)14)6-8-4-3-5-15-8/h3-7H,1-2H3,(H,13,14)/b9-6-. The number of carbonyl (C=O) groups is 2. The van der Waals surface area contributed by atoms with E-state index in [9.17, 15) is 9.59 Å². The Hall–Kier alpha value is -1.42. The molecule has 0 aromatic carbocycles. The number of carboxylic acids is 1. The van der Waals surface area contributed by atoms with Crippen LogP contribution >= 0.6 is 11.3 Å². The number of Topliss-reactive ketones (excluding diaryl/α,β-unsaturated/α-hetero) is 1. The van der Waals surface area contributed by atoms with Gasteiger partial charge in [-0.25, -0.2) is 4.79 Å². The minimum Gasteiger partial charge on any atom is -0.478 e. The quantitative estimate of drug-likeness (QED) is 0.485. The zero-order valence-electron chi connectivity index (χ0n) is 8.56. The maximum absolute atomic E-state index is 11.6. The van der Waals surface area contributed by atoms with Gasteiger partial charge < -0.3 is 5.11 Å². The average Bonchev–Trinajstić information content (AvgIpc) is 2.64. The lowest BCUT2D eigenvalue weighted by atomic mass is 10.0. The van der Waals surface area contributed by atoms with Crippen LogP contribution in [-0.4, -0.2) is 16.9 Å². The summed E-state index contributed by atoms with van der Waals surface area (Å²) in [6.45, 7) is 3.38. The van der Waals surface area contributed by atoms with Gasteiger partial charge in [-0.3, -0.25) is 4.79 Å². The van der Waals surface area contributed by atoms with Crippen LogP contribution in [0.4, 0.5) is 0 Å². The summed E-state index contributed by atoms with van der Waals surface area (Å²) in [6.07, 6.45) is 1.43. The summed E-state index contributed by atoms with van der Waals surface area (Å²) < 4.78 is 0. The largest absolute Gasteiger partial charge is 0.478 e. The Morgan fingerprint density at radius 3 is 2.53 bits per heavy atom. The van der Waals surface area contributed by atoms with Crippen LogP contribution in [0.2, 0.25) is 0 Å². The summed E-state index contributed by atoms with van der Waals surface area (Å²) in [5, 5.41) is 10.7. The van der Waals surface area contributed by atoms with Crippen molar-refractivity contribution in [1.82, 2.24) is 0 Å². The Balaban J connectivity index is 3.03. The van der Waals surface area contributed by atoms with E-state index < -0.39 is 5.97 Å². The van der Waals surface area contributed by atoms with Crippen LogP contribution in [0, 0.1) is 5.92 Å². The number of rotatable bonds is 4. The normalized spacial score (nSPS) is 11.8. The molecule has 4 heteroatoms. The van der Waals surface area contributed by atoms with Gasteiger partial charge >= 0.3 is 5.97 Å². The molecule has 1 aromatic rings. The third kappa shape index (κ3) is 3.02. The minimum atomic E-state index is -1.16. The topological polar surface area (TPSA) is 54.4 Å². The Morgan fingerprint density at radius 2 is 2.13 bits per heavy atom. The fourth-order valence-electron chi connectivity index (χ4n) is 1.06. The molecular weight excluding hydrogens is 212 g/mol. The van der Waals surface area contributed by atoms with Gasteiger partial charge in [0.2, 0.25) is 0 Å². The van der Waals surface area contributed by atoms with Crippen molar-refractivity contribution in [3.8, 4) is 0 Å². The SMILES string of the molecule is CC(C)C(=O)/C(=C/c1cccs1)C(=O)O. The first kappa shape index (κ1) is 11.7. The summed E-state index contributed by atoms with van der Waals surface area (Å²) in [5.74, 6) is -1.80. The Morgan fingerprint density at radius 1 is 1.47 bits per heavy atom. The van der Waals surface area contributed by atoms with Crippen molar-refractivity contribution in [2.45, 2.75) is 13.8 Å². The number of aliphatic carboxylic acids is 1. The highest BCUT2D eigenvalue weighted by Crippen LogP contribution is 2.16. The lowest BCUT2D eigenvalue weighted by Crippen LogP contribution is -2.17. The molecule has 15 heavy (non-hydrogen) atoms. The van der Waals surface area contributed by atoms with E-state index in [-0.39, 0.29) is 17.3 Å². The van der Waals surface area contributed by atoms with E-state index in [1.165, 1.54) is 17.4 Å². The number of ketones is 1. The molecule has 0 saturated heterocycles. The first-order valence-electron chi connectivity index (χ1n) is 4.55. The van der Waals surface area contributed by atoms with Gasteiger partial charge in [-0.05, 0) is 17.5 Å². The maximum Gasteiger partial charge on any atom is 0.339 e. The number of hydrogen-bond acceptors (Lipinski definition) is 3. The van der Waals surface area contributed by atoms with Crippen LogP contribution in [0.5, 0.6) is 0 Å². The summed E-state index contributed by atoms with van der Waals surface area (Å²) in [4.78, 5) is 23.2. The highest BCUT2D eigenvalue weighted by Gasteiger charge is 2.20. The summed E-state index contributed by atoms with van der Waals surface area (Å²) in [7, 11) is 0. The molecule has 1 N–H and O–H groups in total. The second-order valence-corrected chi connectivity index (χ2v) is 4.38. The van der Waals surface area contributed by atoms with Gasteiger partial charge in [-0.15, -0.1) is 11.3 Å². The molecule has 0 aliphatic heterocycles. The van der Waals surface area contributed by atoms with Crippen molar-refractivity contribution in [3.63, 3.8) is 0 Å². The van der Waals surface area contributed by atoms with Crippen molar-refractivity contribution >= 4 is 29.2 Å². The molecule has 0 bridgehead atoms. The Bertz CT molecular complexity index is 388. The van der Waals surface area contributed by atoms with Crippen molar-refractivity contribution in [2.24, 2.45) is 5.92 Å². The van der Waals surface area contributed by atoms with Crippen molar-refractivity contribution in [1.29, 1.82) is 0 Å². The van der Waals surface area contributed by atoms with Gasteiger partial charge in [0.1, 0.15) is 5.57 Å². The molecule has 0 unspecified atom stereocenters. The van der Waals surface area contributed by atoms with E-state index in [1.807, 2.05) is 11.4 Å². The smallest absolute Gasteiger partial charge is 0.339 e. The lowest BCUT2D eigenvalue weighted by molar-refractivity contribution is -0.135. The first-order valence-corrected chi connectivity index (χ1v) is 5.43. The second kappa shape index (κ2) is 4.89. The van der Waals surface area contributed by atoms with Gasteiger partial charge in [-0.1, -0.05) is 19.9 Å². The number of carboxylic acid groups (broad SMARTS) is 1. The molecule has 0 radical (unpaired) electrons. The van der Waals surface area contributed by atoms with Crippen LogP contribution in [-0.2, 0) is 9.59 Å². The highest BCUT2D eigenvalue weighted by atomic mass is 32.1. The minimum absolute atomic E-state index is 0.146. The Labute approximate surface area is 92.1 Å². The molecule has 0 amide bonds. The monoisotopic (exact) mass is 224 g/mol. The van der Waals surface area contributed by atoms with E-state index in [1.54, 1.807) is 19.9 Å². The zero-order chi connectivity index (χ0) is 11.4. The first-order chi connectivity index (χ1) is 7.02. The number of thiophene rings is 1. The van der Waals surface area contributed by atoms with E-state index >= 15 is 0 Å². The highest BCUT2D eigenvalue weighted by molar-refractivity contribution is 7.10. The molecule has 1 aromatic heterocycles. The fourth-order valence-corrected chi connectivity index (χ4v) is 1.72. The molecule has 80 valence electrons. The van der Waals surface area contributed by atoms with Gasteiger partial charge in [0, 0.05) is 10.8 Å². The predicted molar refractivity (Wildman–Crippen MR) is 59.8 cm³/mol. The molecule has 0 aliphatic rings. The third-order valence-electron chi connectivity index (χ3n) is 1.85. The van der Waals surface area contributed by atoms with Crippen molar-refractivity contribution in [2.75, 3.05) is 0 Å². The number of carbonyl (C=O) groups excluding carboxylic acids is 1. The van der Waals surface area contributed by atoms with Crippen molar-refractivity contribution < 1.29 is 14.7 Å². The number of hydrogen-bond donors (Lipinski definition) is 1. The van der Waals surface area contributed by atoms with Crippen LogP contribution < -0.4 is 0 Å². The molecule has 0 fully saturated rings. The molecule has 1 rings (SSSR count). The summed E-state index contributed by atoms with van der Waals surface area (Å²) in [5.41, 5.74) is -0.146. The van der Waals surface area contributed by atoms with Crippen molar-refractivity contribution in [3.05, 3.63) is 28.0 Å². The van der Waals surface area contributed by atoms with Gasteiger partial charge in [0.25, 0.3) is 0 Å². The summed E-state index contributed by atoms with van der Waals surface area (Å²) >= 11 is 1.41. The lowest BCUT2D eigenvalue weighted by Gasteiger charge is -2.03. The van der Waals surface area contributed by atoms with Crippen LogP contribution in [0.15, 0.2) is 23.1 Å². The summed E-state index contributed by atoms with van der Waals surface area (Å²) in [6, 6.07) is 3.59. The van der Waals surface area contributed by atoms with Crippen LogP contribution in [0.1, 0.15) is 18.7 Å². The molecule has 0 saturated carbocycles. The molecule has 0 atom stereocenters. The van der Waals surface area contributed by atoms with E-state index in [0.29, 0.717) is 0 Å². The van der Waals surface area contributed by atoms with Gasteiger partial charge in [0.05, 0.1) is 0 Å². The molecule has 0 spiro atoms. The van der Waals surface area contributed by atoms with Gasteiger partial charge in [-0.2, -0.15) is 0 Å². The van der Waals surface area contributed by atoms with E-state index in [4.69, 9.17) is 5.11 Å². The zero-order valence-corrected chi connectivity index (χ0v) is 9.38. The van der Waals surface area contributed by atoms with Gasteiger partial charge in [0.15, 0.2) is 5.78 Å². The second-order valence-electron chi connectivity index (χ2n) is 3.40. The maximum atomic E-state index is 11.6. The molecule has 0 aliphatic carbocycles. The molecule has 3 nitrogen and oxygen atoms in total. The molecular formula is C11H12O3S. The van der Waals surface area contributed by atoms with Crippen LogP contribution in [0.3, 0.4) is 0 Å². The Kier molecular flexibility index (Phi) is 3.80.